The Labute approximate surface area is 336 Å². The summed E-state index contributed by atoms with van der Waals surface area (Å²) in [5, 5.41) is 13.8. The minimum absolute atomic E-state index is 0. The number of thiazole rings is 1. The van der Waals surface area contributed by atoms with E-state index < -0.39 is 0 Å². The number of furan rings is 1. The van der Waals surface area contributed by atoms with Gasteiger partial charge in [0.05, 0.1) is 15.8 Å². The molecule has 0 aliphatic carbocycles. The number of rotatable bonds is 7. The van der Waals surface area contributed by atoms with Gasteiger partial charge in [-0.05, 0) is 71.0 Å². The summed E-state index contributed by atoms with van der Waals surface area (Å²) in [4.78, 5) is 12.8. The molecule has 55 heavy (non-hydrogen) atoms. The van der Waals surface area contributed by atoms with Crippen LogP contribution in [0.15, 0.2) is 180 Å². The first-order chi connectivity index (χ1) is 26.7. The zero-order valence-electron chi connectivity index (χ0n) is 29.2. The summed E-state index contributed by atoms with van der Waals surface area (Å²) >= 11 is 1.55. The summed E-state index contributed by atoms with van der Waals surface area (Å²) in [7, 11) is 0. The smallest absolute Gasteiger partial charge is 0.160 e. The van der Waals surface area contributed by atoms with Crippen molar-refractivity contribution in [1.29, 1.82) is 0 Å². The van der Waals surface area contributed by atoms with Gasteiger partial charge in [0.15, 0.2) is 5.58 Å². The summed E-state index contributed by atoms with van der Waals surface area (Å²) < 4.78 is 7.57. The van der Waals surface area contributed by atoms with Crippen LogP contribution in [0.5, 0.6) is 5.75 Å². The fraction of sp³-hybridized carbons (Fsp3) is 0. The van der Waals surface area contributed by atoms with Crippen molar-refractivity contribution in [3.05, 3.63) is 182 Å². The first-order valence-electron chi connectivity index (χ1n) is 17.7. The van der Waals surface area contributed by atoms with Gasteiger partial charge in [0, 0.05) is 48.8 Å². The minimum atomic E-state index is 0. The number of phenolic OH excluding ortho intramolecular Hbond substituents is 1. The van der Waals surface area contributed by atoms with E-state index in [-0.39, 0.29) is 26.8 Å². The number of hydrogen-bond donors (Lipinski definition) is 1. The molecule has 7 aromatic carbocycles. The number of aromatic nitrogens is 2. The van der Waals surface area contributed by atoms with Crippen LogP contribution in [0.1, 0.15) is 0 Å². The monoisotopic (exact) mass is 907 g/mol. The van der Waals surface area contributed by atoms with E-state index >= 15 is 0 Å². The van der Waals surface area contributed by atoms with Crippen molar-refractivity contribution in [3.8, 4) is 50.0 Å². The zero-order valence-corrected chi connectivity index (χ0v) is 32.3. The second-order valence-corrected chi connectivity index (χ2v) is 14.1. The van der Waals surface area contributed by atoms with Crippen LogP contribution in [0.3, 0.4) is 0 Å². The average molecular weight is 908 g/mol. The minimum Gasteiger partial charge on any atom is -0.507 e. The van der Waals surface area contributed by atoms with E-state index in [1.54, 1.807) is 17.4 Å². The Balaban J connectivity index is 0.00000397. The molecule has 0 radical (unpaired) electrons. The van der Waals surface area contributed by atoms with Crippen LogP contribution in [-0.4, -0.2) is 15.1 Å². The second-order valence-electron chi connectivity index (χ2n) is 13.1. The SMILES string of the molecule is Oc1ccc(-c2ccccc2)cc1-c1nc2c(-c3nc(-c4[c-]ccc(N(c5ccccc5)c5ccccc5)c4)cc4c3oc3ccccc34)cccc2s1.[Pt]. The molecule has 1 N–H and O–H groups in total. The number of aromatic hydroxyl groups is 1. The first kappa shape index (κ1) is 34.4. The van der Waals surface area contributed by atoms with Crippen molar-refractivity contribution < 1.29 is 30.6 Å². The van der Waals surface area contributed by atoms with Gasteiger partial charge < -0.3 is 14.4 Å². The maximum Gasteiger partial charge on any atom is 0.160 e. The number of phenols is 1. The molecule has 0 atom stereocenters. The molecule has 0 bridgehead atoms. The number of benzene rings is 7. The molecule has 7 heteroatoms. The van der Waals surface area contributed by atoms with Gasteiger partial charge in [0.2, 0.25) is 0 Å². The second kappa shape index (κ2) is 14.5. The normalized spacial score (nSPS) is 11.2. The van der Waals surface area contributed by atoms with Crippen LogP contribution in [0.4, 0.5) is 17.1 Å². The predicted octanol–water partition coefficient (Wildman–Crippen LogP) is 13.2. The summed E-state index contributed by atoms with van der Waals surface area (Å²) in [6.45, 7) is 0. The Kier molecular flexibility index (Phi) is 9.07. The Morgan fingerprint density at radius 1 is 0.582 bits per heavy atom. The Bertz CT molecular complexity index is 2920. The fourth-order valence-electron chi connectivity index (χ4n) is 7.16. The standard InChI is InChI=1S/C48H30N3O2S.Pt/c52-42-27-26-32(31-14-4-1-5-15-31)29-40(42)48-50-45-38(23-13-25-44(45)54-48)46-47-39(37-22-10-11-24-43(37)53-47)30-41(49-46)33-16-12-21-36(28-33)51(34-17-6-2-7-18-34)35-19-8-3-9-20-35;/h1-15,17-30,52H;/q-1;. The van der Waals surface area contributed by atoms with Gasteiger partial charge >= 0.3 is 0 Å². The quantitative estimate of drug-likeness (QED) is 0.161. The van der Waals surface area contributed by atoms with E-state index in [1.807, 2.05) is 72.8 Å². The maximum atomic E-state index is 11.1. The first-order valence-corrected chi connectivity index (χ1v) is 18.5. The van der Waals surface area contributed by atoms with Crippen LogP contribution in [0.2, 0.25) is 0 Å². The van der Waals surface area contributed by atoms with Gasteiger partial charge in [-0.3, -0.25) is 4.98 Å². The summed E-state index contributed by atoms with van der Waals surface area (Å²) in [6.07, 6.45) is 0. The van der Waals surface area contributed by atoms with E-state index in [9.17, 15) is 5.11 Å². The molecule has 3 heterocycles. The largest absolute Gasteiger partial charge is 0.507 e. The van der Waals surface area contributed by atoms with Crippen LogP contribution < -0.4 is 4.90 Å². The Morgan fingerprint density at radius 3 is 2.05 bits per heavy atom. The summed E-state index contributed by atoms with van der Waals surface area (Å²) in [5.74, 6) is 0.186. The van der Waals surface area contributed by atoms with Gasteiger partial charge in [-0.2, -0.15) is 0 Å². The third-order valence-corrected chi connectivity index (χ3v) is 10.8. The molecule has 10 rings (SSSR count). The van der Waals surface area contributed by atoms with E-state index in [1.165, 1.54) is 0 Å². The summed E-state index contributed by atoms with van der Waals surface area (Å²) in [6, 6.07) is 62.6. The molecular formula is C48H30N3O2PtS-. The molecule has 0 saturated heterocycles. The zero-order chi connectivity index (χ0) is 36.0. The van der Waals surface area contributed by atoms with E-state index in [4.69, 9.17) is 14.4 Å². The number of pyridine rings is 1. The molecule has 3 aromatic heterocycles. The van der Waals surface area contributed by atoms with E-state index in [0.717, 1.165) is 76.6 Å². The third kappa shape index (κ3) is 6.30. The summed E-state index contributed by atoms with van der Waals surface area (Å²) in [5.41, 5.74) is 11.3. The molecule has 266 valence electrons. The molecule has 0 aliphatic rings. The van der Waals surface area contributed by atoms with Gasteiger partial charge in [-0.1, -0.05) is 109 Å². The van der Waals surface area contributed by atoms with Gasteiger partial charge in [0.25, 0.3) is 0 Å². The number of nitrogens with zero attached hydrogens (tertiary/aromatic N) is 3. The molecule has 0 saturated carbocycles. The van der Waals surface area contributed by atoms with E-state index in [2.05, 4.69) is 108 Å². The topological polar surface area (TPSA) is 62.4 Å². The van der Waals surface area contributed by atoms with Gasteiger partial charge in [0.1, 0.15) is 22.0 Å². The molecule has 10 aromatic rings. The number of hydrogen-bond acceptors (Lipinski definition) is 6. The van der Waals surface area contributed by atoms with Crippen LogP contribution >= 0.6 is 11.3 Å². The third-order valence-electron chi connectivity index (χ3n) is 9.72. The molecule has 5 nitrogen and oxygen atoms in total. The van der Waals surface area contributed by atoms with Crippen LogP contribution in [-0.2, 0) is 21.1 Å². The van der Waals surface area contributed by atoms with Crippen molar-refractivity contribution in [2.75, 3.05) is 4.90 Å². The molecule has 0 fully saturated rings. The predicted molar refractivity (Wildman–Crippen MR) is 222 cm³/mol. The molecular weight excluding hydrogens is 878 g/mol. The van der Waals surface area contributed by atoms with Gasteiger partial charge in [-0.15, -0.1) is 41.2 Å². The number of fused-ring (bicyclic) bond motifs is 4. The van der Waals surface area contributed by atoms with E-state index in [0.29, 0.717) is 16.8 Å². The molecule has 0 aliphatic heterocycles. The maximum absolute atomic E-state index is 11.1. The Morgan fingerprint density at radius 2 is 1.29 bits per heavy atom. The molecule has 0 amide bonds. The molecule has 0 unspecified atom stereocenters. The fourth-order valence-corrected chi connectivity index (χ4v) is 8.18. The van der Waals surface area contributed by atoms with Crippen molar-refractivity contribution >= 4 is 60.6 Å². The average Bonchev–Trinajstić information content (AvgIpc) is 3.84. The van der Waals surface area contributed by atoms with Crippen molar-refractivity contribution in [1.82, 2.24) is 9.97 Å². The van der Waals surface area contributed by atoms with Crippen LogP contribution in [0, 0.1) is 6.07 Å². The van der Waals surface area contributed by atoms with Crippen molar-refractivity contribution in [2.45, 2.75) is 0 Å². The van der Waals surface area contributed by atoms with Crippen molar-refractivity contribution in [2.24, 2.45) is 0 Å². The number of para-hydroxylation sites is 4. The number of anilines is 3. The Hall–Kier alpha value is -6.33. The molecule has 0 spiro atoms. The van der Waals surface area contributed by atoms with Crippen molar-refractivity contribution in [3.63, 3.8) is 0 Å². The van der Waals surface area contributed by atoms with Gasteiger partial charge in [-0.25, -0.2) is 4.98 Å². The van der Waals surface area contributed by atoms with Crippen LogP contribution in [0.25, 0.3) is 76.4 Å².